The normalized spacial score (nSPS) is 19.1. The molecule has 0 aliphatic carbocycles. The summed E-state index contributed by atoms with van der Waals surface area (Å²) in [7, 11) is 0. The van der Waals surface area contributed by atoms with Crippen molar-refractivity contribution in [3.05, 3.63) is 35.9 Å². The van der Waals surface area contributed by atoms with Gasteiger partial charge in [0.25, 0.3) is 0 Å². The van der Waals surface area contributed by atoms with Crippen molar-refractivity contribution < 1.29 is 4.79 Å². The molecule has 4 nitrogen and oxygen atoms in total. The first-order valence-electron chi connectivity index (χ1n) is 8.02. The van der Waals surface area contributed by atoms with Crippen LogP contribution in [0.15, 0.2) is 30.3 Å². The minimum atomic E-state index is -0.222. The zero-order valence-electron chi connectivity index (χ0n) is 13.7. The summed E-state index contributed by atoms with van der Waals surface area (Å²) in [5, 5.41) is 3.06. The molecule has 0 radical (unpaired) electrons. The molecule has 0 saturated carbocycles. The number of halogens is 2. The number of carbonyl (C=O) groups is 1. The van der Waals surface area contributed by atoms with Gasteiger partial charge < -0.3 is 11.1 Å². The molecular formula is C17H29Cl2N3O. The molecule has 1 aliphatic heterocycles. The number of amides is 1. The minimum absolute atomic E-state index is 0. The first-order valence-corrected chi connectivity index (χ1v) is 8.02. The standard InChI is InChI=1S/C17H27N3O.2ClH/c1-2-20-11-7-6-10-15(20)13-19-17(21)12-16(18)14-8-4-3-5-9-14;;/h3-5,8-9,15-16H,2,6-7,10-13,18H2,1H3,(H,19,21);2*1H. The number of nitrogens with one attached hydrogen (secondary N) is 1. The summed E-state index contributed by atoms with van der Waals surface area (Å²) in [5.41, 5.74) is 7.10. The lowest BCUT2D eigenvalue weighted by Crippen LogP contribution is -2.46. The zero-order valence-corrected chi connectivity index (χ0v) is 15.4. The van der Waals surface area contributed by atoms with E-state index in [9.17, 15) is 4.79 Å². The van der Waals surface area contributed by atoms with Crippen LogP contribution in [0.3, 0.4) is 0 Å². The van der Waals surface area contributed by atoms with Crippen LogP contribution in [0.4, 0.5) is 0 Å². The van der Waals surface area contributed by atoms with E-state index < -0.39 is 0 Å². The van der Waals surface area contributed by atoms with E-state index in [1.54, 1.807) is 0 Å². The molecule has 6 heteroatoms. The van der Waals surface area contributed by atoms with Crippen molar-refractivity contribution in [1.82, 2.24) is 10.2 Å². The Bertz CT molecular complexity index is 445. The van der Waals surface area contributed by atoms with Crippen molar-refractivity contribution in [3.63, 3.8) is 0 Å². The fourth-order valence-corrected chi connectivity index (χ4v) is 3.03. The summed E-state index contributed by atoms with van der Waals surface area (Å²) in [4.78, 5) is 14.5. The number of nitrogens with zero attached hydrogens (tertiary/aromatic N) is 1. The Hall–Kier alpha value is -0.810. The van der Waals surface area contributed by atoms with Crippen molar-refractivity contribution in [2.75, 3.05) is 19.6 Å². The molecule has 2 atom stereocenters. The summed E-state index contributed by atoms with van der Waals surface area (Å²) in [6.45, 7) is 5.14. The third-order valence-electron chi connectivity index (χ3n) is 4.32. The van der Waals surface area contributed by atoms with E-state index >= 15 is 0 Å². The molecule has 1 amide bonds. The minimum Gasteiger partial charge on any atom is -0.354 e. The first-order chi connectivity index (χ1) is 10.2. The van der Waals surface area contributed by atoms with Crippen molar-refractivity contribution in [2.45, 2.75) is 44.7 Å². The Balaban J connectivity index is 0.00000242. The van der Waals surface area contributed by atoms with Crippen molar-refractivity contribution >= 4 is 30.7 Å². The predicted molar refractivity (Wildman–Crippen MR) is 100 cm³/mol. The van der Waals surface area contributed by atoms with Gasteiger partial charge in [-0.05, 0) is 31.5 Å². The average Bonchev–Trinajstić information content (AvgIpc) is 2.54. The van der Waals surface area contributed by atoms with Crippen molar-refractivity contribution in [1.29, 1.82) is 0 Å². The van der Waals surface area contributed by atoms with Gasteiger partial charge in [-0.3, -0.25) is 9.69 Å². The van der Waals surface area contributed by atoms with E-state index in [4.69, 9.17) is 5.73 Å². The molecule has 2 rings (SSSR count). The molecule has 1 aromatic carbocycles. The second-order valence-electron chi connectivity index (χ2n) is 5.80. The largest absolute Gasteiger partial charge is 0.354 e. The quantitative estimate of drug-likeness (QED) is 0.818. The molecule has 1 saturated heterocycles. The topological polar surface area (TPSA) is 58.4 Å². The Labute approximate surface area is 152 Å². The van der Waals surface area contributed by atoms with E-state index in [-0.39, 0.29) is 36.8 Å². The van der Waals surface area contributed by atoms with E-state index in [0.29, 0.717) is 12.5 Å². The van der Waals surface area contributed by atoms with Crippen molar-refractivity contribution in [2.24, 2.45) is 5.73 Å². The second kappa shape index (κ2) is 11.7. The van der Waals surface area contributed by atoms with E-state index in [1.807, 2.05) is 30.3 Å². The number of carbonyl (C=O) groups excluding carboxylic acids is 1. The summed E-state index contributed by atoms with van der Waals surface area (Å²) in [6, 6.07) is 10.1. The maximum absolute atomic E-state index is 12.1. The maximum atomic E-state index is 12.1. The van der Waals surface area contributed by atoms with Crippen LogP contribution in [0.25, 0.3) is 0 Å². The average molecular weight is 362 g/mol. The Morgan fingerprint density at radius 2 is 2.00 bits per heavy atom. The first kappa shape index (κ1) is 22.2. The number of benzene rings is 1. The summed E-state index contributed by atoms with van der Waals surface area (Å²) >= 11 is 0. The molecule has 3 N–H and O–H groups in total. The summed E-state index contributed by atoms with van der Waals surface area (Å²) < 4.78 is 0. The van der Waals surface area contributed by atoms with Crippen LogP contribution in [-0.2, 0) is 4.79 Å². The van der Waals surface area contributed by atoms with Crippen LogP contribution in [0, 0.1) is 0 Å². The van der Waals surface area contributed by atoms with Gasteiger partial charge in [-0.2, -0.15) is 0 Å². The Morgan fingerprint density at radius 1 is 1.30 bits per heavy atom. The number of hydrogen-bond donors (Lipinski definition) is 2. The van der Waals surface area contributed by atoms with E-state index in [1.165, 1.54) is 19.3 Å². The number of likely N-dealkylation sites (tertiary alicyclic amines) is 1. The number of rotatable bonds is 6. The van der Waals surface area contributed by atoms with Gasteiger partial charge in [-0.1, -0.05) is 43.7 Å². The molecule has 0 bridgehead atoms. The highest BCUT2D eigenvalue weighted by Gasteiger charge is 2.21. The van der Waals surface area contributed by atoms with Gasteiger partial charge in [0, 0.05) is 25.0 Å². The monoisotopic (exact) mass is 361 g/mol. The highest BCUT2D eigenvalue weighted by Crippen LogP contribution is 2.16. The van der Waals surface area contributed by atoms with Crippen LogP contribution in [0.1, 0.15) is 44.2 Å². The van der Waals surface area contributed by atoms with Gasteiger partial charge >= 0.3 is 0 Å². The van der Waals surface area contributed by atoms with E-state index in [0.717, 1.165) is 25.2 Å². The van der Waals surface area contributed by atoms with E-state index in [2.05, 4.69) is 17.1 Å². The van der Waals surface area contributed by atoms with Gasteiger partial charge in [0.1, 0.15) is 0 Å². The van der Waals surface area contributed by atoms with Gasteiger partial charge in [0.15, 0.2) is 0 Å². The fourth-order valence-electron chi connectivity index (χ4n) is 3.03. The zero-order chi connectivity index (χ0) is 15.1. The van der Waals surface area contributed by atoms with Crippen LogP contribution in [0.5, 0.6) is 0 Å². The number of piperidine rings is 1. The maximum Gasteiger partial charge on any atom is 0.221 e. The van der Waals surface area contributed by atoms with Crippen LogP contribution in [0.2, 0.25) is 0 Å². The summed E-state index contributed by atoms with van der Waals surface area (Å²) in [6.07, 6.45) is 4.07. The lowest BCUT2D eigenvalue weighted by atomic mass is 10.0. The Morgan fingerprint density at radius 3 is 2.65 bits per heavy atom. The highest BCUT2D eigenvalue weighted by atomic mass is 35.5. The number of nitrogens with two attached hydrogens (primary N) is 1. The van der Waals surface area contributed by atoms with Crippen molar-refractivity contribution in [3.8, 4) is 0 Å². The van der Waals surface area contributed by atoms with Gasteiger partial charge in [-0.15, -0.1) is 24.8 Å². The highest BCUT2D eigenvalue weighted by molar-refractivity contribution is 5.85. The van der Waals surface area contributed by atoms with Crippen LogP contribution >= 0.6 is 24.8 Å². The molecule has 2 unspecified atom stereocenters. The third-order valence-corrected chi connectivity index (χ3v) is 4.32. The molecular weight excluding hydrogens is 333 g/mol. The predicted octanol–water partition coefficient (Wildman–Crippen LogP) is 2.91. The van der Waals surface area contributed by atoms with Crippen LogP contribution < -0.4 is 11.1 Å². The smallest absolute Gasteiger partial charge is 0.221 e. The molecule has 1 aliphatic rings. The molecule has 132 valence electrons. The molecule has 1 aromatic rings. The lowest BCUT2D eigenvalue weighted by Gasteiger charge is -2.35. The third kappa shape index (κ3) is 7.08. The molecule has 0 aromatic heterocycles. The molecule has 23 heavy (non-hydrogen) atoms. The van der Waals surface area contributed by atoms with Gasteiger partial charge in [-0.25, -0.2) is 0 Å². The van der Waals surface area contributed by atoms with Crippen LogP contribution in [-0.4, -0.2) is 36.5 Å². The molecule has 1 fully saturated rings. The SMILES string of the molecule is CCN1CCCCC1CNC(=O)CC(N)c1ccccc1.Cl.Cl. The lowest BCUT2D eigenvalue weighted by molar-refractivity contribution is -0.121. The summed E-state index contributed by atoms with van der Waals surface area (Å²) in [5.74, 6) is 0.0491. The van der Waals surface area contributed by atoms with Gasteiger partial charge in [0.05, 0.1) is 0 Å². The molecule has 0 spiro atoms. The molecule has 1 heterocycles. The number of likely N-dealkylation sites (N-methyl/N-ethyl adjacent to an activating group) is 1. The second-order valence-corrected chi connectivity index (χ2v) is 5.80. The fraction of sp³-hybridized carbons (Fsp3) is 0.588. The van der Waals surface area contributed by atoms with Gasteiger partial charge in [0.2, 0.25) is 5.91 Å². The number of hydrogen-bond acceptors (Lipinski definition) is 3. The Kier molecular flexibility index (Phi) is 11.3.